The summed E-state index contributed by atoms with van der Waals surface area (Å²) >= 11 is 2.82. The lowest BCUT2D eigenvalue weighted by Gasteiger charge is -2.20. The Balaban J connectivity index is 1.27. The third-order valence-corrected chi connectivity index (χ3v) is 7.30. The molecule has 188 valence electrons. The summed E-state index contributed by atoms with van der Waals surface area (Å²) in [5.41, 5.74) is 0.803. The normalized spacial score (nSPS) is 15.8. The number of hydrazone groups is 1. The summed E-state index contributed by atoms with van der Waals surface area (Å²) in [7, 11) is 3.13. The summed E-state index contributed by atoms with van der Waals surface area (Å²) in [5, 5.41) is 17.5. The zero-order valence-electron chi connectivity index (χ0n) is 20.0. The average Bonchev–Trinajstić information content (AvgIpc) is 3.60. The largest absolute Gasteiger partial charge is 0.493 e. The first-order valence-electron chi connectivity index (χ1n) is 11.2. The minimum Gasteiger partial charge on any atom is -0.493 e. The molecule has 3 aromatic rings. The van der Waals surface area contributed by atoms with Gasteiger partial charge in [-0.2, -0.15) is 15.1 Å². The van der Waals surface area contributed by atoms with Crippen LogP contribution >= 0.6 is 23.1 Å². The zero-order chi connectivity index (χ0) is 25.8. The first kappa shape index (κ1) is 24.6. The molecule has 37 heavy (non-hydrogen) atoms. The number of thiophene rings is 1. The highest BCUT2D eigenvalue weighted by molar-refractivity contribution is 8.27. The number of hydrogen-bond acceptors (Lipinski definition) is 9. The number of amides is 1. The molecule has 0 atom stereocenters. The van der Waals surface area contributed by atoms with Crippen LogP contribution in [0, 0.1) is 5.41 Å². The van der Waals surface area contributed by atoms with E-state index in [4.69, 9.17) is 24.4 Å². The van der Waals surface area contributed by atoms with Gasteiger partial charge in [-0.15, -0.1) is 11.3 Å². The van der Waals surface area contributed by atoms with Gasteiger partial charge in [0.25, 0.3) is 5.91 Å². The van der Waals surface area contributed by atoms with Gasteiger partial charge in [0, 0.05) is 0 Å². The van der Waals surface area contributed by atoms with Crippen molar-refractivity contribution in [1.29, 1.82) is 5.41 Å². The predicted octanol–water partition coefficient (Wildman–Crippen LogP) is 4.89. The second kappa shape index (κ2) is 10.9. The number of nitrogens with zero attached hydrogens (tertiary/aromatic N) is 3. The second-order valence-electron chi connectivity index (χ2n) is 7.66. The van der Waals surface area contributed by atoms with Gasteiger partial charge < -0.3 is 18.9 Å². The maximum absolute atomic E-state index is 12.7. The van der Waals surface area contributed by atoms with Gasteiger partial charge in [0.2, 0.25) is 5.17 Å². The number of nitrogens with one attached hydrogen (secondary N) is 1. The molecule has 2 aromatic carbocycles. The van der Waals surface area contributed by atoms with Gasteiger partial charge in [-0.25, -0.2) is 0 Å². The van der Waals surface area contributed by atoms with E-state index >= 15 is 0 Å². The molecule has 11 heteroatoms. The molecule has 1 aromatic heterocycles. The number of methoxy groups -OCH3 is 2. The van der Waals surface area contributed by atoms with Crippen molar-refractivity contribution < 1.29 is 23.7 Å². The van der Waals surface area contributed by atoms with E-state index in [1.165, 1.54) is 23.9 Å². The van der Waals surface area contributed by atoms with Crippen LogP contribution in [0.25, 0.3) is 6.08 Å². The summed E-state index contributed by atoms with van der Waals surface area (Å²) in [4.78, 5) is 17.8. The minimum absolute atomic E-state index is 0.0261. The molecule has 2 aliphatic heterocycles. The van der Waals surface area contributed by atoms with Gasteiger partial charge >= 0.3 is 0 Å². The molecule has 0 unspecified atom stereocenters. The Labute approximate surface area is 221 Å². The Morgan fingerprint density at radius 1 is 0.946 bits per heavy atom. The number of ether oxygens (including phenoxy) is 4. The Hall–Kier alpha value is -4.09. The van der Waals surface area contributed by atoms with Gasteiger partial charge in [0.1, 0.15) is 18.3 Å². The van der Waals surface area contributed by atoms with Gasteiger partial charge in [0.05, 0.1) is 24.7 Å². The summed E-state index contributed by atoms with van der Waals surface area (Å²) < 4.78 is 22.4. The lowest BCUT2D eigenvalue weighted by molar-refractivity contribution is -0.114. The highest BCUT2D eigenvalue weighted by Crippen LogP contribution is 2.34. The fourth-order valence-corrected chi connectivity index (χ4v) is 5.28. The lowest BCUT2D eigenvalue weighted by atomic mass is 10.1. The Bertz CT molecular complexity index is 1430. The molecule has 0 saturated heterocycles. The summed E-state index contributed by atoms with van der Waals surface area (Å²) in [5.74, 6) is 1.79. The van der Waals surface area contributed by atoms with Crippen LogP contribution in [-0.2, 0) is 4.79 Å². The number of benzene rings is 2. The molecule has 0 spiro atoms. The topological polar surface area (TPSA) is 106 Å². The molecule has 9 nitrogen and oxygen atoms in total. The van der Waals surface area contributed by atoms with E-state index in [1.807, 2.05) is 41.8 Å². The first-order chi connectivity index (χ1) is 18.1. The lowest BCUT2D eigenvalue weighted by Crippen LogP contribution is -2.35. The van der Waals surface area contributed by atoms with E-state index in [0.717, 1.165) is 4.88 Å². The van der Waals surface area contributed by atoms with Gasteiger partial charge in [0.15, 0.2) is 28.8 Å². The molecule has 5 rings (SSSR count). The summed E-state index contributed by atoms with van der Waals surface area (Å²) in [6, 6.07) is 16.5. The second-order valence-corrected chi connectivity index (χ2v) is 9.56. The van der Waals surface area contributed by atoms with Crippen molar-refractivity contribution in [3.05, 3.63) is 76.0 Å². The number of carbonyl (C=O) groups is 1. The molecular formula is C26H22N4O5S2. The van der Waals surface area contributed by atoms with Gasteiger partial charge in [-0.3, -0.25) is 10.2 Å². The number of aliphatic imine (C=N–C) groups is 1. The van der Waals surface area contributed by atoms with E-state index in [1.54, 1.807) is 42.7 Å². The number of rotatable bonds is 9. The fourth-order valence-electron chi connectivity index (χ4n) is 3.59. The van der Waals surface area contributed by atoms with Crippen LogP contribution in [0.4, 0.5) is 0 Å². The Kier molecular flexibility index (Phi) is 7.24. The number of fused-ring (bicyclic) bond motifs is 1. The van der Waals surface area contributed by atoms with Crippen molar-refractivity contribution >= 4 is 51.1 Å². The molecule has 0 aliphatic carbocycles. The number of thioether (sulfide) groups is 1. The molecule has 0 radical (unpaired) electrons. The van der Waals surface area contributed by atoms with Crippen LogP contribution in [0.15, 0.2) is 75.6 Å². The van der Waals surface area contributed by atoms with Crippen LogP contribution in [0.2, 0.25) is 0 Å². The van der Waals surface area contributed by atoms with E-state index in [0.29, 0.717) is 45.4 Å². The average molecular weight is 535 g/mol. The maximum atomic E-state index is 12.7. The molecule has 0 bridgehead atoms. The van der Waals surface area contributed by atoms with Crippen molar-refractivity contribution in [1.82, 2.24) is 5.01 Å². The SMILES string of the molecule is COc1ccccc1OCCOc1ccc(/C=C2/C(=N)N3N=C(c4cccs4)SC3=NC2=O)cc1OC. The van der Waals surface area contributed by atoms with E-state index in [9.17, 15) is 4.79 Å². The molecule has 1 N–H and O–H groups in total. The summed E-state index contributed by atoms with van der Waals surface area (Å²) in [6.45, 7) is 0.593. The molecule has 0 saturated carbocycles. The molecule has 2 aliphatic rings. The van der Waals surface area contributed by atoms with Crippen LogP contribution in [0.1, 0.15) is 10.4 Å². The van der Waals surface area contributed by atoms with E-state index < -0.39 is 5.91 Å². The predicted molar refractivity (Wildman–Crippen MR) is 145 cm³/mol. The number of carbonyl (C=O) groups excluding carboxylic acids is 1. The molecule has 0 fully saturated rings. The number of para-hydroxylation sites is 2. The van der Waals surface area contributed by atoms with Crippen LogP contribution in [-0.4, -0.2) is 54.4 Å². The van der Waals surface area contributed by atoms with Gasteiger partial charge in [-0.1, -0.05) is 24.3 Å². The standard InChI is InChI=1S/C26H22N4O5S2/c1-32-18-6-3-4-7-19(18)34-11-12-35-20-10-9-16(15-21(20)33-2)14-17-23(27)30-26(28-24(17)31)37-25(29-30)22-8-5-13-36-22/h3-10,13-15,27H,11-12H2,1-2H3/b17-14-,27-23?. The highest BCUT2D eigenvalue weighted by Gasteiger charge is 2.36. The Morgan fingerprint density at radius 3 is 2.38 bits per heavy atom. The third-order valence-electron chi connectivity index (χ3n) is 5.35. The number of amidine groups is 2. The van der Waals surface area contributed by atoms with Gasteiger partial charge in [-0.05, 0) is 59.1 Å². The van der Waals surface area contributed by atoms with Crippen molar-refractivity contribution in [3.63, 3.8) is 0 Å². The fraction of sp³-hybridized carbons (Fsp3) is 0.154. The first-order valence-corrected chi connectivity index (χ1v) is 12.9. The Morgan fingerprint density at radius 2 is 1.68 bits per heavy atom. The van der Waals surface area contributed by atoms with Crippen molar-refractivity contribution in [2.24, 2.45) is 10.1 Å². The summed E-state index contributed by atoms with van der Waals surface area (Å²) in [6.07, 6.45) is 1.60. The van der Waals surface area contributed by atoms with E-state index in [-0.39, 0.29) is 18.0 Å². The van der Waals surface area contributed by atoms with E-state index in [2.05, 4.69) is 10.1 Å². The maximum Gasteiger partial charge on any atom is 0.283 e. The minimum atomic E-state index is -0.487. The van der Waals surface area contributed by atoms with Crippen molar-refractivity contribution in [2.75, 3.05) is 27.4 Å². The van der Waals surface area contributed by atoms with Crippen molar-refractivity contribution in [2.45, 2.75) is 0 Å². The number of hydrogen-bond donors (Lipinski definition) is 1. The zero-order valence-corrected chi connectivity index (χ0v) is 21.6. The van der Waals surface area contributed by atoms with Crippen LogP contribution < -0.4 is 18.9 Å². The molecular weight excluding hydrogens is 512 g/mol. The van der Waals surface area contributed by atoms with Crippen LogP contribution in [0.3, 0.4) is 0 Å². The molecule has 3 heterocycles. The van der Waals surface area contributed by atoms with Crippen LogP contribution in [0.5, 0.6) is 23.0 Å². The molecule has 1 amide bonds. The van der Waals surface area contributed by atoms with Crippen molar-refractivity contribution in [3.8, 4) is 23.0 Å². The quantitative estimate of drug-likeness (QED) is 0.308. The monoisotopic (exact) mass is 534 g/mol. The third kappa shape index (κ3) is 5.23. The smallest absolute Gasteiger partial charge is 0.283 e. The highest BCUT2D eigenvalue weighted by atomic mass is 32.2.